The second-order valence-electron chi connectivity index (χ2n) is 8.42. The first-order chi connectivity index (χ1) is 14.6. The smallest absolute Gasteiger partial charge is 0.257 e. The molecule has 3 fully saturated rings. The Kier molecular flexibility index (Phi) is 4.77. The van der Waals surface area contributed by atoms with Crippen LogP contribution in [0.3, 0.4) is 0 Å². The van der Waals surface area contributed by atoms with E-state index in [4.69, 9.17) is 4.74 Å². The van der Waals surface area contributed by atoms with Gasteiger partial charge in [-0.3, -0.25) is 14.6 Å². The van der Waals surface area contributed by atoms with E-state index < -0.39 is 5.60 Å². The molecular formula is C23H24FN3O3. The van der Waals surface area contributed by atoms with Gasteiger partial charge in [0.1, 0.15) is 5.82 Å². The number of carbonyl (C=O) groups is 2. The maximum Gasteiger partial charge on any atom is 0.257 e. The molecule has 3 heterocycles. The first-order valence-electron chi connectivity index (χ1n) is 10.4. The van der Waals surface area contributed by atoms with Gasteiger partial charge in [-0.05, 0) is 42.2 Å². The van der Waals surface area contributed by atoms with Gasteiger partial charge in [-0.1, -0.05) is 18.2 Å². The third-order valence-corrected chi connectivity index (χ3v) is 6.37. The Morgan fingerprint density at radius 1 is 1.23 bits per heavy atom. The second-order valence-corrected chi connectivity index (χ2v) is 8.42. The van der Waals surface area contributed by atoms with Crippen molar-refractivity contribution in [2.24, 2.45) is 5.92 Å². The van der Waals surface area contributed by atoms with Crippen molar-refractivity contribution < 1.29 is 18.7 Å². The van der Waals surface area contributed by atoms with Crippen molar-refractivity contribution in [3.63, 3.8) is 0 Å². The highest BCUT2D eigenvalue weighted by Gasteiger charge is 2.58. The van der Waals surface area contributed by atoms with Crippen LogP contribution in [0.2, 0.25) is 0 Å². The molecule has 3 aliphatic rings. The molecule has 2 aromatic rings. The SMILES string of the molecule is O=C(C1CC1)N1C[C@@H](c2cccnc2)[C@@]2(C1)OCCN(Cc1ccc(F)cc1)C2=O. The van der Waals surface area contributed by atoms with E-state index in [1.54, 1.807) is 34.3 Å². The van der Waals surface area contributed by atoms with E-state index in [0.717, 1.165) is 24.0 Å². The van der Waals surface area contributed by atoms with Crippen LogP contribution in [0.25, 0.3) is 0 Å². The molecule has 0 N–H and O–H groups in total. The molecule has 2 amide bonds. The number of morpholine rings is 1. The molecule has 1 aromatic carbocycles. The van der Waals surface area contributed by atoms with Gasteiger partial charge in [0.2, 0.25) is 5.91 Å². The number of benzene rings is 1. The molecule has 0 bridgehead atoms. The summed E-state index contributed by atoms with van der Waals surface area (Å²) in [5.41, 5.74) is 0.662. The monoisotopic (exact) mass is 409 g/mol. The summed E-state index contributed by atoms with van der Waals surface area (Å²) < 4.78 is 19.5. The quantitative estimate of drug-likeness (QED) is 0.778. The molecule has 156 valence electrons. The van der Waals surface area contributed by atoms with Gasteiger partial charge >= 0.3 is 0 Å². The van der Waals surface area contributed by atoms with Gasteiger partial charge < -0.3 is 14.5 Å². The average molecular weight is 409 g/mol. The van der Waals surface area contributed by atoms with E-state index in [9.17, 15) is 14.0 Å². The lowest BCUT2D eigenvalue weighted by atomic mass is 9.83. The van der Waals surface area contributed by atoms with E-state index >= 15 is 0 Å². The largest absolute Gasteiger partial charge is 0.361 e. The zero-order chi connectivity index (χ0) is 20.7. The third kappa shape index (κ3) is 3.37. The number of nitrogens with zero attached hydrogens (tertiary/aromatic N) is 3. The van der Waals surface area contributed by atoms with Gasteiger partial charge in [-0.15, -0.1) is 0 Å². The standard InChI is InChI=1S/C23H24FN3O3/c24-19-7-3-16(4-8-19)13-26-10-11-30-23(22(26)29)15-27(21(28)17-5-6-17)14-20(23)18-2-1-9-25-12-18/h1-4,7-9,12,17,20H,5-6,10-11,13-15H2/t20-,23+/m0/s1. The minimum atomic E-state index is -1.11. The Morgan fingerprint density at radius 2 is 2.03 bits per heavy atom. The van der Waals surface area contributed by atoms with Crippen LogP contribution in [0.15, 0.2) is 48.8 Å². The lowest BCUT2D eigenvalue weighted by Gasteiger charge is -2.42. The van der Waals surface area contributed by atoms with E-state index in [2.05, 4.69) is 4.98 Å². The summed E-state index contributed by atoms with van der Waals surface area (Å²) in [5, 5.41) is 0. The summed E-state index contributed by atoms with van der Waals surface area (Å²) >= 11 is 0. The molecule has 1 spiro atoms. The van der Waals surface area contributed by atoms with E-state index in [1.165, 1.54) is 12.1 Å². The van der Waals surface area contributed by atoms with E-state index in [0.29, 0.717) is 26.2 Å². The van der Waals surface area contributed by atoms with Gasteiger partial charge in [-0.2, -0.15) is 0 Å². The Hall–Kier alpha value is -2.80. The van der Waals surface area contributed by atoms with Gasteiger partial charge in [0.15, 0.2) is 5.60 Å². The minimum Gasteiger partial charge on any atom is -0.361 e. The van der Waals surface area contributed by atoms with Crippen LogP contribution in [0, 0.1) is 11.7 Å². The van der Waals surface area contributed by atoms with Crippen molar-refractivity contribution in [3.8, 4) is 0 Å². The maximum absolute atomic E-state index is 13.7. The summed E-state index contributed by atoms with van der Waals surface area (Å²) in [6.07, 6.45) is 5.30. The number of amides is 2. The summed E-state index contributed by atoms with van der Waals surface area (Å²) in [5.74, 6) is -0.475. The number of halogens is 1. The van der Waals surface area contributed by atoms with Gasteiger partial charge in [0, 0.05) is 43.9 Å². The topological polar surface area (TPSA) is 62.7 Å². The number of pyridine rings is 1. The fourth-order valence-electron chi connectivity index (χ4n) is 4.63. The zero-order valence-corrected chi connectivity index (χ0v) is 16.7. The normalized spacial score (nSPS) is 26.4. The molecular weight excluding hydrogens is 385 g/mol. The molecule has 30 heavy (non-hydrogen) atoms. The summed E-state index contributed by atoms with van der Waals surface area (Å²) in [6.45, 7) is 1.97. The predicted octanol–water partition coefficient (Wildman–Crippen LogP) is 2.35. The fraction of sp³-hybridized carbons (Fsp3) is 0.435. The highest BCUT2D eigenvalue weighted by molar-refractivity contribution is 5.90. The summed E-state index contributed by atoms with van der Waals surface area (Å²) in [4.78, 5) is 34.3. The predicted molar refractivity (Wildman–Crippen MR) is 107 cm³/mol. The Labute approximate surface area is 174 Å². The number of likely N-dealkylation sites (tertiary alicyclic amines) is 1. The van der Waals surface area contributed by atoms with Gasteiger partial charge in [0.05, 0.1) is 13.2 Å². The van der Waals surface area contributed by atoms with Crippen LogP contribution in [-0.2, 0) is 20.9 Å². The summed E-state index contributed by atoms with van der Waals surface area (Å²) in [6, 6.07) is 9.99. The number of carbonyl (C=O) groups excluding carboxylic acids is 2. The maximum atomic E-state index is 13.7. The highest BCUT2D eigenvalue weighted by atomic mass is 19.1. The lowest BCUT2D eigenvalue weighted by molar-refractivity contribution is -0.173. The number of rotatable bonds is 4. The average Bonchev–Trinajstić information content (AvgIpc) is 3.55. The van der Waals surface area contributed by atoms with Crippen molar-refractivity contribution in [1.29, 1.82) is 0 Å². The van der Waals surface area contributed by atoms with Crippen molar-refractivity contribution in [2.75, 3.05) is 26.2 Å². The van der Waals surface area contributed by atoms with E-state index in [1.807, 2.05) is 12.1 Å². The first-order valence-corrected chi connectivity index (χ1v) is 10.4. The molecule has 7 heteroatoms. The number of hydrogen-bond donors (Lipinski definition) is 0. The van der Waals surface area contributed by atoms with Crippen molar-refractivity contribution in [1.82, 2.24) is 14.8 Å². The minimum absolute atomic E-state index is 0.0868. The fourth-order valence-corrected chi connectivity index (χ4v) is 4.63. The molecule has 5 rings (SSSR count). The lowest BCUT2D eigenvalue weighted by Crippen LogP contribution is -2.60. The van der Waals surface area contributed by atoms with Crippen molar-refractivity contribution in [2.45, 2.75) is 30.9 Å². The van der Waals surface area contributed by atoms with Crippen LogP contribution >= 0.6 is 0 Å². The van der Waals surface area contributed by atoms with Crippen LogP contribution in [0.4, 0.5) is 4.39 Å². The molecule has 6 nitrogen and oxygen atoms in total. The Bertz CT molecular complexity index is 948. The molecule has 2 saturated heterocycles. The molecule has 0 unspecified atom stereocenters. The number of hydrogen-bond acceptors (Lipinski definition) is 4. The molecule has 1 aliphatic carbocycles. The number of ether oxygens (including phenoxy) is 1. The molecule has 1 saturated carbocycles. The van der Waals surface area contributed by atoms with Crippen LogP contribution in [0.1, 0.15) is 29.9 Å². The molecule has 0 radical (unpaired) electrons. The van der Waals surface area contributed by atoms with Gasteiger partial charge in [0.25, 0.3) is 5.91 Å². The Morgan fingerprint density at radius 3 is 2.73 bits per heavy atom. The molecule has 2 aliphatic heterocycles. The van der Waals surface area contributed by atoms with Crippen molar-refractivity contribution in [3.05, 3.63) is 65.7 Å². The third-order valence-electron chi connectivity index (χ3n) is 6.37. The molecule has 1 aromatic heterocycles. The van der Waals surface area contributed by atoms with Gasteiger partial charge in [-0.25, -0.2) is 4.39 Å². The first kappa shape index (κ1) is 19.2. The zero-order valence-electron chi connectivity index (χ0n) is 16.7. The van der Waals surface area contributed by atoms with Crippen LogP contribution in [0.5, 0.6) is 0 Å². The van der Waals surface area contributed by atoms with Crippen LogP contribution in [-0.4, -0.2) is 58.4 Å². The van der Waals surface area contributed by atoms with E-state index in [-0.39, 0.29) is 36.0 Å². The van der Waals surface area contributed by atoms with Crippen molar-refractivity contribution >= 4 is 11.8 Å². The second kappa shape index (κ2) is 7.47. The number of aromatic nitrogens is 1. The Balaban J connectivity index is 1.45. The summed E-state index contributed by atoms with van der Waals surface area (Å²) in [7, 11) is 0. The van der Waals surface area contributed by atoms with Crippen LogP contribution < -0.4 is 0 Å². The molecule has 2 atom stereocenters. The highest BCUT2D eigenvalue weighted by Crippen LogP contribution is 2.44.